The Balaban J connectivity index is 1.07. The van der Waals surface area contributed by atoms with Gasteiger partial charge in [0.15, 0.2) is 0 Å². The summed E-state index contributed by atoms with van der Waals surface area (Å²) in [6.07, 6.45) is 4.35. The lowest BCUT2D eigenvalue weighted by molar-refractivity contribution is -0.384. The number of nitrogens with zero attached hydrogens (tertiary/aromatic N) is 3. The first kappa shape index (κ1) is 35.1. The standard InChI is InChI=1S/C36H35N5O6S3/c42-35(40-20-5-2-6-21-40)18-17-34-38-31-23-27(13-16-33(31)49-34)25-9-11-26(12-10-25)36(43)39-50(46,47)29-14-15-30(32(24-29)41(44)45)37-19-22-48-28-7-3-1-4-8-28/h1,3-4,7-16,23-24,37H,2,5-6,17-22H2,(H,39,43). The summed E-state index contributed by atoms with van der Waals surface area (Å²) >= 11 is 3.16. The fraction of sp³-hybridized carbons (Fsp3) is 0.250. The lowest BCUT2D eigenvalue weighted by Crippen LogP contribution is -2.35. The van der Waals surface area contributed by atoms with E-state index < -0.39 is 31.4 Å². The summed E-state index contributed by atoms with van der Waals surface area (Å²) in [6, 6.07) is 25.6. The summed E-state index contributed by atoms with van der Waals surface area (Å²) in [5.41, 5.74) is 2.38. The van der Waals surface area contributed by atoms with Gasteiger partial charge >= 0.3 is 0 Å². The van der Waals surface area contributed by atoms with E-state index in [4.69, 9.17) is 4.98 Å². The van der Waals surface area contributed by atoms with E-state index in [1.165, 1.54) is 30.7 Å². The van der Waals surface area contributed by atoms with Crippen molar-refractivity contribution in [3.05, 3.63) is 112 Å². The molecule has 0 spiro atoms. The Bertz CT molecular complexity index is 2120. The Hall–Kier alpha value is -4.79. The van der Waals surface area contributed by atoms with Gasteiger partial charge < -0.3 is 10.2 Å². The highest BCUT2D eigenvalue weighted by Crippen LogP contribution is 2.30. The molecule has 11 nitrogen and oxygen atoms in total. The van der Waals surface area contributed by atoms with Crippen molar-refractivity contribution < 1.29 is 22.9 Å². The van der Waals surface area contributed by atoms with Crippen LogP contribution in [0.4, 0.5) is 11.4 Å². The first-order chi connectivity index (χ1) is 24.2. The molecule has 14 heteroatoms. The molecule has 0 radical (unpaired) electrons. The summed E-state index contributed by atoms with van der Waals surface area (Å²) in [5, 5.41) is 15.7. The Morgan fingerprint density at radius 1 is 0.920 bits per heavy atom. The molecule has 1 saturated heterocycles. The number of likely N-dealkylation sites (tertiary alicyclic amines) is 1. The Morgan fingerprint density at radius 2 is 1.66 bits per heavy atom. The van der Waals surface area contributed by atoms with Crippen LogP contribution in [0.5, 0.6) is 0 Å². The number of rotatable bonds is 13. The normalized spacial score (nSPS) is 13.2. The molecule has 0 atom stereocenters. The van der Waals surface area contributed by atoms with Crippen molar-refractivity contribution in [1.82, 2.24) is 14.6 Å². The molecule has 2 amide bonds. The van der Waals surface area contributed by atoms with Gasteiger partial charge in [0.1, 0.15) is 5.69 Å². The number of carbonyl (C=O) groups is 2. The first-order valence-electron chi connectivity index (χ1n) is 16.2. The SMILES string of the molecule is O=C(NS(=O)(=O)c1ccc(NCCSc2ccccc2)c([N+](=O)[O-])c1)c1ccc(-c2ccc3sc(CCC(=O)N4CCCCC4)nc3c2)cc1. The van der Waals surface area contributed by atoms with Crippen molar-refractivity contribution >= 4 is 66.5 Å². The zero-order valence-electron chi connectivity index (χ0n) is 27.0. The van der Waals surface area contributed by atoms with Gasteiger partial charge in [-0.15, -0.1) is 23.1 Å². The number of nitro benzene ring substituents is 1. The molecule has 258 valence electrons. The van der Waals surface area contributed by atoms with Gasteiger partial charge in [-0.1, -0.05) is 36.4 Å². The van der Waals surface area contributed by atoms with Crippen LogP contribution in [0.2, 0.25) is 0 Å². The Morgan fingerprint density at radius 3 is 2.40 bits per heavy atom. The maximum absolute atomic E-state index is 13.1. The molecule has 5 aromatic rings. The predicted octanol–water partition coefficient (Wildman–Crippen LogP) is 7.14. The third-order valence-corrected chi connectivity index (χ3v) is 11.7. The fourth-order valence-electron chi connectivity index (χ4n) is 5.68. The molecule has 0 aliphatic carbocycles. The minimum absolute atomic E-state index is 0.108. The molecular formula is C36H35N5O6S3. The quantitative estimate of drug-likeness (QED) is 0.0558. The minimum atomic E-state index is -4.41. The van der Waals surface area contributed by atoms with Crippen molar-refractivity contribution in [2.75, 3.05) is 30.7 Å². The van der Waals surface area contributed by atoms with E-state index in [0.29, 0.717) is 25.1 Å². The molecule has 1 aliphatic rings. The lowest BCUT2D eigenvalue weighted by atomic mass is 10.0. The molecule has 1 aromatic heterocycles. The van der Waals surface area contributed by atoms with Gasteiger partial charge in [-0.3, -0.25) is 19.7 Å². The second-order valence-electron chi connectivity index (χ2n) is 11.8. The number of anilines is 1. The van der Waals surface area contributed by atoms with Crippen LogP contribution in [0, 0.1) is 10.1 Å². The highest BCUT2D eigenvalue weighted by Gasteiger charge is 2.24. The number of amides is 2. The van der Waals surface area contributed by atoms with Crippen molar-refractivity contribution in [2.24, 2.45) is 0 Å². The van der Waals surface area contributed by atoms with Gasteiger partial charge in [-0.2, -0.15) is 0 Å². The van der Waals surface area contributed by atoms with Crippen molar-refractivity contribution in [1.29, 1.82) is 0 Å². The topological polar surface area (TPSA) is 152 Å². The van der Waals surface area contributed by atoms with Crippen LogP contribution >= 0.6 is 23.1 Å². The Kier molecular flexibility index (Phi) is 11.1. The van der Waals surface area contributed by atoms with Crippen LogP contribution < -0.4 is 10.0 Å². The smallest absolute Gasteiger partial charge is 0.293 e. The van der Waals surface area contributed by atoms with E-state index >= 15 is 0 Å². The van der Waals surface area contributed by atoms with Crippen LogP contribution in [0.3, 0.4) is 0 Å². The summed E-state index contributed by atoms with van der Waals surface area (Å²) < 4.78 is 29.2. The van der Waals surface area contributed by atoms with E-state index in [9.17, 15) is 28.1 Å². The second-order valence-corrected chi connectivity index (χ2v) is 15.7. The van der Waals surface area contributed by atoms with Gasteiger partial charge in [0.25, 0.3) is 21.6 Å². The predicted molar refractivity (Wildman–Crippen MR) is 197 cm³/mol. The highest BCUT2D eigenvalue weighted by atomic mass is 32.2. The van der Waals surface area contributed by atoms with Crippen LogP contribution in [0.15, 0.2) is 101 Å². The van der Waals surface area contributed by atoms with Gasteiger partial charge in [0.05, 0.1) is 25.0 Å². The molecule has 1 fully saturated rings. The van der Waals surface area contributed by atoms with Gasteiger partial charge in [-0.05, 0) is 78.9 Å². The van der Waals surface area contributed by atoms with Crippen LogP contribution in [0.1, 0.15) is 41.0 Å². The summed E-state index contributed by atoms with van der Waals surface area (Å²) in [5.74, 6) is -0.0465. The maximum Gasteiger partial charge on any atom is 0.293 e. The number of nitro groups is 1. The third kappa shape index (κ3) is 8.67. The largest absolute Gasteiger partial charge is 0.379 e. The third-order valence-electron chi connectivity index (χ3n) is 8.31. The number of piperidine rings is 1. The van der Waals surface area contributed by atoms with E-state index in [1.54, 1.807) is 35.2 Å². The molecule has 50 heavy (non-hydrogen) atoms. The number of aromatic nitrogens is 1. The van der Waals surface area contributed by atoms with Crippen molar-refractivity contribution in [3.8, 4) is 11.1 Å². The number of hydrogen-bond acceptors (Lipinski definition) is 10. The number of carbonyl (C=O) groups excluding carboxylic acids is 2. The molecule has 0 bridgehead atoms. The molecule has 4 aromatic carbocycles. The number of aryl methyl sites for hydroxylation is 1. The summed E-state index contributed by atoms with van der Waals surface area (Å²) in [6.45, 7) is 2.09. The second kappa shape index (κ2) is 15.8. The average molecular weight is 730 g/mol. The molecular weight excluding hydrogens is 695 g/mol. The van der Waals surface area contributed by atoms with E-state index in [-0.39, 0.29) is 17.2 Å². The number of thioether (sulfide) groups is 1. The van der Waals surface area contributed by atoms with Crippen LogP contribution in [-0.2, 0) is 21.2 Å². The molecule has 1 aliphatic heterocycles. The van der Waals surface area contributed by atoms with Crippen molar-refractivity contribution in [2.45, 2.75) is 41.9 Å². The zero-order valence-corrected chi connectivity index (χ0v) is 29.5. The monoisotopic (exact) mass is 729 g/mol. The van der Waals surface area contributed by atoms with E-state index in [0.717, 1.165) is 63.2 Å². The number of fused-ring (bicyclic) bond motifs is 1. The molecule has 0 unspecified atom stereocenters. The number of benzene rings is 4. The average Bonchev–Trinajstić information content (AvgIpc) is 3.55. The molecule has 6 rings (SSSR count). The fourth-order valence-corrected chi connectivity index (χ4v) is 8.41. The van der Waals surface area contributed by atoms with E-state index in [1.807, 2.05) is 58.2 Å². The van der Waals surface area contributed by atoms with Crippen LogP contribution in [-0.4, -0.2) is 60.4 Å². The zero-order chi connectivity index (χ0) is 35.1. The first-order valence-corrected chi connectivity index (χ1v) is 19.5. The summed E-state index contributed by atoms with van der Waals surface area (Å²) in [7, 11) is -4.41. The summed E-state index contributed by atoms with van der Waals surface area (Å²) in [4.78, 5) is 44.1. The van der Waals surface area contributed by atoms with Crippen LogP contribution in [0.25, 0.3) is 21.3 Å². The number of thiazole rings is 1. The number of sulfonamides is 1. The molecule has 2 heterocycles. The maximum atomic E-state index is 13.1. The number of nitrogens with one attached hydrogen (secondary N) is 2. The van der Waals surface area contributed by atoms with Gasteiger partial charge in [-0.25, -0.2) is 18.1 Å². The molecule has 2 N–H and O–H groups in total. The lowest BCUT2D eigenvalue weighted by Gasteiger charge is -2.26. The molecule has 0 saturated carbocycles. The Labute approximate surface area is 298 Å². The van der Waals surface area contributed by atoms with Crippen molar-refractivity contribution in [3.63, 3.8) is 0 Å². The number of hydrogen-bond donors (Lipinski definition) is 2. The van der Waals surface area contributed by atoms with E-state index in [2.05, 4.69) is 5.32 Å². The van der Waals surface area contributed by atoms with Gasteiger partial charge in [0, 0.05) is 54.8 Å². The highest BCUT2D eigenvalue weighted by molar-refractivity contribution is 7.99. The van der Waals surface area contributed by atoms with Gasteiger partial charge in [0.2, 0.25) is 5.91 Å². The minimum Gasteiger partial charge on any atom is -0.379 e.